The van der Waals surface area contributed by atoms with Crippen LogP contribution >= 0.6 is 0 Å². The normalized spacial score (nSPS) is 12.5. The van der Waals surface area contributed by atoms with Crippen molar-refractivity contribution in [3.63, 3.8) is 0 Å². The van der Waals surface area contributed by atoms with Gasteiger partial charge in [0, 0.05) is 45.7 Å². The van der Waals surface area contributed by atoms with Gasteiger partial charge in [0.2, 0.25) is 11.8 Å². The van der Waals surface area contributed by atoms with E-state index >= 15 is 0 Å². The van der Waals surface area contributed by atoms with Crippen LogP contribution in [0.15, 0.2) is 77.1 Å². The quantitative estimate of drug-likeness (QED) is 0.0314. The molecule has 2 N–H and O–H groups in total. The zero-order valence-corrected chi connectivity index (χ0v) is 33.4. The van der Waals surface area contributed by atoms with Crippen LogP contribution in [0, 0.1) is 53.8 Å². The summed E-state index contributed by atoms with van der Waals surface area (Å²) in [4.78, 5) is 30.1. The molecule has 6 heteroatoms. The number of hydrogen-bond donors (Lipinski definition) is 2. The first-order valence-corrected chi connectivity index (χ1v) is 20.2. The first kappa shape index (κ1) is 47.8. The molecule has 0 aromatic heterocycles. The van der Waals surface area contributed by atoms with Crippen LogP contribution in [0.2, 0.25) is 0 Å². The molecule has 0 saturated carbocycles. The van der Waals surface area contributed by atoms with Gasteiger partial charge in [-0.1, -0.05) is 100.0 Å². The fourth-order valence-electron chi connectivity index (χ4n) is 5.71. The van der Waals surface area contributed by atoms with Crippen molar-refractivity contribution in [3.05, 3.63) is 77.1 Å². The fourth-order valence-corrected chi connectivity index (χ4v) is 5.71. The minimum atomic E-state index is -0.701. The number of unbranched alkanes of at least 4 members (excludes halogenated alkanes) is 11. The first-order valence-electron chi connectivity index (χ1n) is 20.2. The van der Waals surface area contributed by atoms with Gasteiger partial charge >= 0.3 is 0 Å². The van der Waals surface area contributed by atoms with Gasteiger partial charge in [-0.2, -0.15) is 0 Å². The molecule has 0 aromatic carbocycles. The minimum absolute atomic E-state index is 0.183. The Balaban J connectivity index is 2.22. The molecule has 0 spiro atoms. The highest BCUT2D eigenvalue weighted by molar-refractivity contribution is 5.83. The summed E-state index contributed by atoms with van der Waals surface area (Å²) in [6.45, 7) is 12.8. The Hall–Kier alpha value is -5.22. The lowest BCUT2D eigenvalue weighted by atomic mass is 10.1. The minimum Gasteiger partial charge on any atom is -0.356 e. The fraction of sp³-hybridized carbons (Fsp3) is 0.531. The van der Waals surface area contributed by atoms with Crippen molar-refractivity contribution in [2.24, 2.45) is 5.92 Å². The van der Waals surface area contributed by atoms with E-state index in [1.807, 2.05) is 0 Å². The summed E-state index contributed by atoms with van der Waals surface area (Å²) in [6.07, 6.45) is 33.6. The number of amides is 2. The third kappa shape index (κ3) is 30.9. The predicted octanol–water partition coefficient (Wildman–Crippen LogP) is 7.74. The topological polar surface area (TPSA) is 64.7 Å². The third-order valence-corrected chi connectivity index (χ3v) is 8.78. The van der Waals surface area contributed by atoms with E-state index in [2.05, 4.69) is 128 Å². The molecule has 2 amide bonds. The molecule has 290 valence electrons. The van der Waals surface area contributed by atoms with Crippen molar-refractivity contribution in [2.45, 2.75) is 110 Å². The molecule has 0 bridgehead atoms. The summed E-state index contributed by atoms with van der Waals surface area (Å²) >= 11 is 0. The van der Waals surface area contributed by atoms with E-state index in [0.717, 1.165) is 71.5 Å². The Morgan fingerprint density at radius 3 is 1.91 bits per heavy atom. The molecule has 0 aromatic rings. The Kier molecular flexibility index (Phi) is 32.3. The zero-order chi connectivity index (χ0) is 39.7. The van der Waals surface area contributed by atoms with Crippen molar-refractivity contribution >= 4 is 11.8 Å². The lowest BCUT2D eigenvalue weighted by Crippen LogP contribution is -2.47. The number of carbonyl (C=O) groups is 2. The molecule has 1 fully saturated rings. The van der Waals surface area contributed by atoms with Gasteiger partial charge in [0.25, 0.3) is 0 Å². The molecule has 1 saturated heterocycles. The average molecular weight is 739 g/mol. The predicted molar refractivity (Wildman–Crippen MR) is 227 cm³/mol. The van der Waals surface area contributed by atoms with Crippen LogP contribution in [-0.2, 0) is 9.59 Å². The highest BCUT2D eigenvalue weighted by Gasteiger charge is 2.17. The molecule has 1 rings (SSSR count). The molecule has 1 aliphatic rings. The number of carbonyl (C=O) groups excluding carboxylic acids is 2. The maximum absolute atomic E-state index is 12.9. The standard InChI is InChI=1S/C49H62N4O2/c1-4-7-10-13-16-18-19-20-21-22-23-25-27-30-33-38-48(54)50-39-34-41-52-43-45-53(46-44-52)42-35-40-51-49(55)47(36-31-28-15-12-9-6-3)37-32-29-26-24-17-14-11-8-5-2/h3,20-21,29,32,37,47H,2,4,7,10,13,16,18-19,22-23,25,27,30,33-35,38-46H2,1H3,(H,50,54)(H,51,55)/b21-20+,37-32+. The number of rotatable bonds is 26. The van der Waals surface area contributed by atoms with Crippen molar-refractivity contribution in [3.8, 4) is 47.9 Å². The van der Waals surface area contributed by atoms with Crippen LogP contribution in [0.4, 0.5) is 0 Å². The third-order valence-electron chi connectivity index (χ3n) is 8.78. The summed E-state index contributed by atoms with van der Waals surface area (Å²) in [5.74, 6) is 17.0. The van der Waals surface area contributed by atoms with Crippen LogP contribution < -0.4 is 10.6 Å². The molecule has 55 heavy (non-hydrogen) atoms. The number of nitrogens with zero attached hydrogens (tertiary/aromatic N) is 2. The van der Waals surface area contributed by atoms with Gasteiger partial charge in [-0.25, -0.2) is 0 Å². The lowest BCUT2D eigenvalue weighted by Gasteiger charge is -2.34. The highest BCUT2D eigenvalue weighted by Crippen LogP contribution is 2.10. The van der Waals surface area contributed by atoms with Crippen molar-refractivity contribution in [2.75, 3.05) is 52.4 Å². The van der Waals surface area contributed by atoms with E-state index in [-0.39, 0.29) is 11.8 Å². The lowest BCUT2D eigenvalue weighted by molar-refractivity contribution is -0.122. The van der Waals surface area contributed by atoms with Crippen LogP contribution in [0.3, 0.4) is 0 Å². The van der Waals surface area contributed by atoms with Crippen LogP contribution in [0.5, 0.6) is 0 Å². The van der Waals surface area contributed by atoms with Gasteiger partial charge in [-0.15, -0.1) is 6.42 Å². The van der Waals surface area contributed by atoms with Crippen LogP contribution in [0.25, 0.3) is 0 Å². The van der Waals surface area contributed by atoms with E-state index in [1.165, 1.54) is 70.6 Å². The van der Waals surface area contributed by atoms with Gasteiger partial charge in [0.15, 0.2) is 0 Å². The molecular weight excluding hydrogens is 677 g/mol. The first-order chi connectivity index (χ1) is 27.1. The SMILES string of the molecule is C#CC#CC#CC#CC(/C=C/C=C=C=C=C=C=C=C=C)C(=O)NCCCN1CCN(CCCNC(=O)CCCCCCC/C=C/CCCCCCCC)CC1. The van der Waals surface area contributed by atoms with E-state index in [0.29, 0.717) is 13.0 Å². The monoisotopic (exact) mass is 738 g/mol. The van der Waals surface area contributed by atoms with Gasteiger partial charge in [-0.3, -0.25) is 9.59 Å². The zero-order valence-electron chi connectivity index (χ0n) is 33.4. The molecule has 6 nitrogen and oxygen atoms in total. The van der Waals surface area contributed by atoms with Crippen molar-refractivity contribution < 1.29 is 9.59 Å². The number of nitrogens with one attached hydrogen (secondary N) is 2. The summed E-state index contributed by atoms with van der Waals surface area (Å²) < 4.78 is 0. The van der Waals surface area contributed by atoms with Crippen molar-refractivity contribution in [1.82, 2.24) is 20.4 Å². The number of allylic oxidation sites excluding steroid dienone is 4. The Morgan fingerprint density at radius 1 is 0.691 bits per heavy atom. The molecular formula is C49H62N4O2. The maximum Gasteiger partial charge on any atom is 0.239 e. The second-order valence-corrected chi connectivity index (χ2v) is 13.3. The molecule has 0 radical (unpaired) electrons. The highest BCUT2D eigenvalue weighted by atomic mass is 16.2. The Morgan fingerprint density at radius 2 is 1.25 bits per heavy atom. The van der Waals surface area contributed by atoms with Gasteiger partial charge in [0.05, 0.1) is 0 Å². The molecule has 1 heterocycles. The summed E-state index contributed by atoms with van der Waals surface area (Å²) in [5, 5.41) is 6.10. The molecule has 1 atom stereocenters. The number of hydrogen-bond acceptors (Lipinski definition) is 4. The molecule has 1 aliphatic heterocycles. The van der Waals surface area contributed by atoms with E-state index in [4.69, 9.17) is 6.42 Å². The van der Waals surface area contributed by atoms with Gasteiger partial charge < -0.3 is 20.4 Å². The molecule has 1 unspecified atom stereocenters. The van der Waals surface area contributed by atoms with Crippen LogP contribution in [0.1, 0.15) is 110 Å². The van der Waals surface area contributed by atoms with E-state index < -0.39 is 5.92 Å². The Labute approximate surface area is 333 Å². The number of terminal acetylenes is 1. The summed E-state index contributed by atoms with van der Waals surface area (Å²) in [6, 6.07) is 0. The smallest absolute Gasteiger partial charge is 0.239 e. The van der Waals surface area contributed by atoms with E-state index in [9.17, 15) is 9.59 Å². The van der Waals surface area contributed by atoms with Gasteiger partial charge in [0.1, 0.15) is 5.92 Å². The summed E-state index contributed by atoms with van der Waals surface area (Å²) in [5.41, 5.74) is 18.0. The Bertz CT molecular complexity index is 1690. The van der Waals surface area contributed by atoms with Crippen LogP contribution in [-0.4, -0.2) is 74.0 Å². The largest absolute Gasteiger partial charge is 0.356 e. The second-order valence-electron chi connectivity index (χ2n) is 13.3. The number of piperazine rings is 1. The van der Waals surface area contributed by atoms with Gasteiger partial charge in [-0.05, 0) is 135 Å². The maximum atomic E-state index is 12.9. The molecule has 0 aliphatic carbocycles. The second kappa shape index (κ2) is 37.1. The van der Waals surface area contributed by atoms with Crippen molar-refractivity contribution in [1.29, 1.82) is 0 Å². The summed E-state index contributed by atoms with van der Waals surface area (Å²) in [7, 11) is 0. The average Bonchev–Trinajstić information content (AvgIpc) is 3.19. The van der Waals surface area contributed by atoms with E-state index in [1.54, 1.807) is 18.2 Å².